The van der Waals surface area contributed by atoms with Crippen LogP contribution in [0.2, 0.25) is 0 Å². The zero-order chi connectivity index (χ0) is 18.8. The van der Waals surface area contributed by atoms with E-state index in [9.17, 15) is 19.2 Å². The second-order valence-corrected chi connectivity index (χ2v) is 6.30. The van der Waals surface area contributed by atoms with Crippen molar-refractivity contribution in [3.63, 3.8) is 0 Å². The number of esters is 1. The van der Waals surface area contributed by atoms with Crippen LogP contribution >= 0.6 is 0 Å². The number of hydrogen-bond acceptors (Lipinski definition) is 5. The van der Waals surface area contributed by atoms with Gasteiger partial charge in [-0.05, 0) is 18.9 Å². The van der Waals surface area contributed by atoms with E-state index in [2.05, 4.69) is 0 Å². The van der Waals surface area contributed by atoms with Crippen LogP contribution in [-0.2, 0) is 28.4 Å². The first kappa shape index (κ1) is 18.7. The van der Waals surface area contributed by atoms with Gasteiger partial charge in [-0.15, -0.1) is 0 Å². The number of aryl methyl sites for hydroxylation is 1. The van der Waals surface area contributed by atoms with Gasteiger partial charge in [-0.2, -0.15) is 0 Å². The molecule has 1 saturated carbocycles. The molecule has 1 fully saturated rings. The normalized spacial score (nSPS) is 16.2. The number of carbonyl (C=O) groups is 2. The van der Waals surface area contributed by atoms with Crippen LogP contribution in [0.4, 0.5) is 0 Å². The molecule has 0 atom stereocenters. The summed E-state index contributed by atoms with van der Waals surface area (Å²) in [6, 6.07) is 0. The van der Waals surface area contributed by atoms with E-state index < -0.39 is 28.7 Å². The first-order valence-corrected chi connectivity index (χ1v) is 8.05. The van der Waals surface area contributed by atoms with E-state index in [1.807, 2.05) is 0 Å². The van der Waals surface area contributed by atoms with Gasteiger partial charge in [0.1, 0.15) is 5.54 Å². The predicted octanol–water partition coefficient (Wildman–Crippen LogP) is 0.0414. The zero-order valence-electron chi connectivity index (χ0n) is 14.9. The molecule has 8 heteroatoms. The van der Waals surface area contributed by atoms with Crippen molar-refractivity contribution in [1.29, 1.82) is 0 Å². The molecule has 0 bridgehead atoms. The highest BCUT2D eigenvalue weighted by Crippen LogP contribution is 2.35. The van der Waals surface area contributed by atoms with Crippen molar-refractivity contribution < 1.29 is 14.3 Å². The molecule has 1 aromatic heterocycles. The lowest BCUT2D eigenvalue weighted by Gasteiger charge is -2.35. The van der Waals surface area contributed by atoms with Gasteiger partial charge in [0.25, 0.3) is 5.56 Å². The van der Waals surface area contributed by atoms with Gasteiger partial charge in [0, 0.05) is 33.4 Å². The van der Waals surface area contributed by atoms with Gasteiger partial charge in [0.15, 0.2) is 0 Å². The number of aromatic nitrogens is 2. The van der Waals surface area contributed by atoms with Crippen molar-refractivity contribution in [2.75, 3.05) is 14.2 Å². The van der Waals surface area contributed by atoms with Crippen molar-refractivity contribution >= 4 is 18.0 Å². The number of likely N-dealkylation sites (N-methyl/N-ethyl adjacent to an activating group) is 1. The minimum absolute atomic E-state index is 0.213. The maximum absolute atomic E-state index is 12.5. The monoisotopic (exact) mass is 349 g/mol. The second kappa shape index (κ2) is 7.08. The number of carbonyl (C=O) groups excluding carboxylic acids is 2. The van der Waals surface area contributed by atoms with E-state index in [1.54, 1.807) is 7.05 Å². The minimum atomic E-state index is -0.954. The number of methoxy groups -OCH3 is 1. The number of ether oxygens (including phenoxy) is 1. The first-order valence-electron chi connectivity index (χ1n) is 8.05. The molecule has 0 radical (unpaired) electrons. The van der Waals surface area contributed by atoms with E-state index in [1.165, 1.54) is 49.0 Å². The van der Waals surface area contributed by atoms with Crippen LogP contribution in [0, 0.1) is 0 Å². The summed E-state index contributed by atoms with van der Waals surface area (Å²) in [7, 11) is 5.77. The lowest BCUT2D eigenvalue weighted by Crippen LogP contribution is -2.53. The third kappa shape index (κ3) is 3.29. The molecule has 0 aromatic carbocycles. The largest absolute Gasteiger partial charge is 0.467 e. The Kier molecular flexibility index (Phi) is 5.30. The lowest BCUT2D eigenvalue weighted by molar-refractivity contribution is -0.158. The van der Waals surface area contributed by atoms with Crippen molar-refractivity contribution in [3.05, 3.63) is 38.7 Å². The minimum Gasteiger partial charge on any atom is -0.467 e. The Morgan fingerprint density at radius 2 is 1.84 bits per heavy atom. The average Bonchev–Trinajstić information content (AvgIpc) is 3.11. The fraction of sp³-hybridized carbons (Fsp3) is 0.529. The highest BCUT2D eigenvalue weighted by Gasteiger charge is 2.47. The Balaban J connectivity index is 2.30. The van der Waals surface area contributed by atoms with E-state index >= 15 is 0 Å². The molecule has 0 N–H and O–H groups in total. The summed E-state index contributed by atoms with van der Waals surface area (Å²) in [4.78, 5) is 49.9. The van der Waals surface area contributed by atoms with Crippen LogP contribution in [0.25, 0.3) is 6.08 Å². The number of amides is 1. The van der Waals surface area contributed by atoms with Gasteiger partial charge in [-0.1, -0.05) is 12.8 Å². The standard InChI is InChI=1S/C17H23N3O5/c1-18-11-12(14(22)19(2)16(18)24)7-8-13(21)20(3)17(15(23)25-4)9-5-6-10-17/h7-8,11H,5-6,9-10H2,1-4H3. The summed E-state index contributed by atoms with van der Waals surface area (Å²) < 4.78 is 7.13. The van der Waals surface area contributed by atoms with Crippen LogP contribution in [0.15, 0.2) is 21.9 Å². The summed E-state index contributed by atoms with van der Waals surface area (Å²) in [5, 5.41) is 0. The Labute approximate surface area is 145 Å². The van der Waals surface area contributed by atoms with Crippen LogP contribution < -0.4 is 11.2 Å². The molecular weight excluding hydrogens is 326 g/mol. The predicted molar refractivity (Wildman–Crippen MR) is 91.9 cm³/mol. The maximum atomic E-state index is 12.5. The maximum Gasteiger partial charge on any atom is 0.331 e. The van der Waals surface area contributed by atoms with Gasteiger partial charge >= 0.3 is 11.7 Å². The summed E-state index contributed by atoms with van der Waals surface area (Å²) in [6.45, 7) is 0. The lowest BCUT2D eigenvalue weighted by atomic mass is 9.95. The molecule has 136 valence electrons. The Hall–Kier alpha value is -2.64. The van der Waals surface area contributed by atoms with Crippen molar-refractivity contribution in [2.24, 2.45) is 14.1 Å². The second-order valence-electron chi connectivity index (χ2n) is 6.30. The van der Waals surface area contributed by atoms with Crippen LogP contribution in [0.1, 0.15) is 31.2 Å². The number of rotatable bonds is 4. The van der Waals surface area contributed by atoms with E-state index in [-0.39, 0.29) is 5.56 Å². The van der Waals surface area contributed by atoms with Crippen LogP contribution in [0.3, 0.4) is 0 Å². The Morgan fingerprint density at radius 3 is 2.40 bits per heavy atom. The summed E-state index contributed by atoms with van der Waals surface area (Å²) in [5.41, 5.74) is -1.67. The molecule has 0 unspecified atom stereocenters. The van der Waals surface area contributed by atoms with Gasteiger partial charge in [-0.3, -0.25) is 14.2 Å². The van der Waals surface area contributed by atoms with Crippen molar-refractivity contribution in [3.8, 4) is 0 Å². The van der Waals surface area contributed by atoms with Crippen molar-refractivity contribution in [1.82, 2.24) is 14.0 Å². The molecule has 2 rings (SSSR count). The Bertz CT molecular complexity index is 828. The fourth-order valence-electron chi connectivity index (χ4n) is 3.26. The van der Waals surface area contributed by atoms with Gasteiger partial charge in [0.2, 0.25) is 5.91 Å². The summed E-state index contributed by atoms with van der Waals surface area (Å²) in [6.07, 6.45) is 6.77. The molecule has 1 aliphatic rings. The molecule has 1 amide bonds. The molecular formula is C17H23N3O5. The highest BCUT2D eigenvalue weighted by atomic mass is 16.5. The van der Waals surface area contributed by atoms with Crippen LogP contribution in [-0.4, -0.2) is 45.6 Å². The van der Waals surface area contributed by atoms with Gasteiger partial charge in [0.05, 0.1) is 12.7 Å². The molecule has 1 aliphatic carbocycles. The number of nitrogens with zero attached hydrogens (tertiary/aromatic N) is 3. The molecule has 1 heterocycles. The first-order chi connectivity index (χ1) is 11.7. The van der Waals surface area contributed by atoms with E-state index in [0.29, 0.717) is 12.8 Å². The molecule has 8 nitrogen and oxygen atoms in total. The zero-order valence-corrected chi connectivity index (χ0v) is 14.9. The molecule has 0 aliphatic heterocycles. The van der Waals surface area contributed by atoms with E-state index in [4.69, 9.17) is 4.74 Å². The van der Waals surface area contributed by atoms with E-state index in [0.717, 1.165) is 17.4 Å². The van der Waals surface area contributed by atoms with Crippen LogP contribution in [0.5, 0.6) is 0 Å². The molecule has 1 aromatic rings. The van der Waals surface area contributed by atoms with Gasteiger partial charge in [-0.25, -0.2) is 9.59 Å². The smallest absolute Gasteiger partial charge is 0.331 e. The third-order valence-electron chi connectivity index (χ3n) is 4.85. The molecule has 0 saturated heterocycles. The topological polar surface area (TPSA) is 90.6 Å². The SMILES string of the molecule is COC(=O)C1(N(C)C(=O)C=Cc2cn(C)c(=O)n(C)c2=O)CCCC1. The molecule has 25 heavy (non-hydrogen) atoms. The quantitative estimate of drug-likeness (QED) is 0.565. The summed E-state index contributed by atoms with van der Waals surface area (Å²) >= 11 is 0. The number of hydrogen-bond donors (Lipinski definition) is 0. The highest BCUT2D eigenvalue weighted by molar-refractivity contribution is 5.96. The Morgan fingerprint density at radius 1 is 1.24 bits per heavy atom. The molecule has 0 spiro atoms. The van der Waals surface area contributed by atoms with Gasteiger partial charge < -0.3 is 14.2 Å². The average molecular weight is 349 g/mol. The fourth-order valence-corrected chi connectivity index (χ4v) is 3.26. The third-order valence-corrected chi connectivity index (χ3v) is 4.85. The summed E-state index contributed by atoms with van der Waals surface area (Å²) in [5.74, 6) is -0.824. The van der Waals surface area contributed by atoms with Crippen molar-refractivity contribution in [2.45, 2.75) is 31.2 Å².